The molecule has 0 aliphatic rings. The minimum Gasteiger partial charge on any atom is -0.398 e. The lowest BCUT2D eigenvalue weighted by molar-refractivity contribution is 0.282. The van der Waals surface area contributed by atoms with Gasteiger partial charge in [-0.15, -0.1) is 6.58 Å². The van der Waals surface area contributed by atoms with Crippen LogP contribution in [0.5, 0.6) is 0 Å². The molecule has 2 nitrogen and oxygen atoms in total. The number of aryl methyl sites for hydroxylation is 1. The predicted molar refractivity (Wildman–Crippen MR) is 60.0 cm³/mol. The number of anilines is 1. The van der Waals surface area contributed by atoms with Crippen molar-refractivity contribution >= 4 is 5.69 Å². The Bertz CT molecular complexity index is 308. The second-order valence-corrected chi connectivity index (χ2v) is 3.47. The van der Waals surface area contributed by atoms with Crippen LogP contribution in [0.4, 0.5) is 5.69 Å². The summed E-state index contributed by atoms with van der Waals surface area (Å²) in [6.07, 6.45) is 3.75. The van der Waals surface area contributed by atoms with Crippen molar-refractivity contribution in [3.8, 4) is 0 Å². The Morgan fingerprint density at radius 3 is 2.71 bits per heavy atom. The summed E-state index contributed by atoms with van der Waals surface area (Å²) < 4.78 is 0. The summed E-state index contributed by atoms with van der Waals surface area (Å²) in [5.74, 6) is 0. The SMILES string of the molecule is C=CCCc1c(C)cc(CO)cc1N. The first-order valence-electron chi connectivity index (χ1n) is 4.78. The molecule has 0 aliphatic carbocycles. The first kappa shape index (κ1) is 10.8. The average Bonchev–Trinajstić information content (AvgIpc) is 2.16. The molecule has 0 heterocycles. The van der Waals surface area contributed by atoms with Crippen molar-refractivity contribution < 1.29 is 5.11 Å². The molecule has 0 saturated heterocycles. The number of aliphatic hydroxyl groups is 1. The van der Waals surface area contributed by atoms with Crippen molar-refractivity contribution in [3.05, 3.63) is 41.5 Å². The number of hydrogen-bond donors (Lipinski definition) is 2. The molecule has 1 aromatic carbocycles. The zero-order chi connectivity index (χ0) is 10.6. The van der Waals surface area contributed by atoms with Gasteiger partial charge in [-0.05, 0) is 42.5 Å². The van der Waals surface area contributed by atoms with E-state index >= 15 is 0 Å². The maximum atomic E-state index is 8.98. The minimum absolute atomic E-state index is 0.0484. The first-order valence-corrected chi connectivity index (χ1v) is 4.78. The van der Waals surface area contributed by atoms with E-state index in [-0.39, 0.29) is 6.61 Å². The van der Waals surface area contributed by atoms with E-state index in [2.05, 4.69) is 6.58 Å². The lowest BCUT2D eigenvalue weighted by Gasteiger charge is -2.10. The molecule has 0 fully saturated rings. The molecule has 76 valence electrons. The van der Waals surface area contributed by atoms with Gasteiger partial charge in [0.25, 0.3) is 0 Å². The number of nitrogen functional groups attached to an aromatic ring is 1. The van der Waals surface area contributed by atoms with Gasteiger partial charge in [0.15, 0.2) is 0 Å². The van der Waals surface area contributed by atoms with E-state index in [0.29, 0.717) is 0 Å². The maximum absolute atomic E-state index is 8.98. The molecule has 0 bridgehead atoms. The molecule has 0 radical (unpaired) electrons. The van der Waals surface area contributed by atoms with E-state index in [0.717, 1.165) is 29.7 Å². The van der Waals surface area contributed by atoms with Gasteiger partial charge < -0.3 is 10.8 Å². The fourth-order valence-electron chi connectivity index (χ4n) is 1.60. The lowest BCUT2D eigenvalue weighted by atomic mass is 9.99. The Morgan fingerprint density at radius 2 is 2.21 bits per heavy atom. The van der Waals surface area contributed by atoms with Gasteiger partial charge in [-0.3, -0.25) is 0 Å². The van der Waals surface area contributed by atoms with Crippen LogP contribution in [0.25, 0.3) is 0 Å². The van der Waals surface area contributed by atoms with Crippen LogP contribution in [0.3, 0.4) is 0 Å². The topological polar surface area (TPSA) is 46.2 Å². The molecule has 0 spiro atoms. The van der Waals surface area contributed by atoms with E-state index in [9.17, 15) is 0 Å². The number of allylic oxidation sites excluding steroid dienone is 1. The Kier molecular flexibility index (Phi) is 3.72. The number of benzene rings is 1. The van der Waals surface area contributed by atoms with Crippen LogP contribution in [0.2, 0.25) is 0 Å². The second kappa shape index (κ2) is 4.82. The van der Waals surface area contributed by atoms with E-state index in [1.54, 1.807) is 0 Å². The van der Waals surface area contributed by atoms with Gasteiger partial charge >= 0.3 is 0 Å². The van der Waals surface area contributed by atoms with Gasteiger partial charge in [-0.1, -0.05) is 12.1 Å². The zero-order valence-electron chi connectivity index (χ0n) is 8.59. The Morgan fingerprint density at radius 1 is 1.50 bits per heavy atom. The van der Waals surface area contributed by atoms with Gasteiger partial charge in [0.05, 0.1) is 6.61 Å². The summed E-state index contributed by atoms with van der Waals surface area (Å²) in [4.78, 5) is 0. The summed E-state index contributed by atoms with van der Waals surface area (Å²) >= 11 is 0. The Labute approximate surface area is 85.1 Å². The van der Waals surface area contributed by atoms with Crippen LogP contribution in [0, 0.1) is 6.92 Å². The van der Waals surface area contributed by atoms with Crippen LogP contribution in [0.1, 0.15) is 23.1 Å². The van der Waals surface area contributed by atoms with Crippen LogP contribution >= 0.6 is 0 Å². The van der Waals surface area contributed by atoms with E-state index < -0.39 is 0 Å². The normalized spacial score (nSPS) is 10.1. The standard InChI is InChI=1S/C12H17NO/c1-3-4-5-11-9(2)6-10(8-14)7-12(11)13/h3,6-7,14H,1,4-5,8,13H2,2H3. The fourth-order valence-corrected chi connectivity index (χ4v) is 1.60. The summed E-state index contributed by atoms with van der Waals surface area (Å²) in [7, 11) is 0. The highest BCUT2D eigenvalue weighted by Gasteiger charge is 2.04. The van der Waals surface area contributed by atoms with Crippen molar-refractivity contribution in [2.75, 3.05) is 5.73 Å². The molecule has 14 heavy (non-hydrogen) atoms. The lowest BCUT2D eigenvalue weighted by Crippen LogP contribution is -1.99. The summed E-state index contributed by atoms with van der Waals surface area (Å²) in [5.41, 5.74) is 9.86. The third-order valence-electron chi connectivity index (χ3n) is 2.35. The molecule has 2 heteroatoms. The van der Waals surface area contributed by atoms with E-state index in [1.807, 2.05) is 25.1 Å². The second-order valence-electron chi connectivity index (χ2n) is 3.47. The van der Waals surface area contributed by atoms with Gasteiger partial charge in [0.2, 0.25) is 0 Å². The smallest absolute Gasteiger partial charge is 0.0682 e. The molecule has 3 N–H and O–H groups in total. The van der Waals surface area contributed by atoms with Gasteiger partial charge in [0.1, 0.15) is 0 Å². The Hall–Kier alpha value is -1.28. The molecule has 0 saturated carbocycles. The summed E-state index contributed by atoms with van der Waals surface area (Å²) in [6.45, 7) is 5.76. The Balaban J connectivity index is 2.98. The highest BCUT2D eigenvalue weighted by Crippen LogP contribution is 2.21. The third kappa shape index (κ3) is 2.36. The van der Waals surface area contributed by atoms with Crippen molar-refractivity contribution in [3.63, 3.8) is 0 Å². The maximum Gasteiger partial charge on any atom is 0.0682 e. The zero-order valence-corrected chi connectivity index (χ0v) is 8.59. The molecule has 0 atom stereocenters. The van der Waals surface area contributed by atoms with Crippen molar-refractivity contribution in [2.45, 2.75) is 26.4 Å². The third-order valence-corrected chi connectivity index (χ3v) is 2.35. The minimum atomic E-state index is 0.0484. The molecule has 0 amide bonds. The largest absolute Gasteiger partial charge is 0.398 e. The highest BCUT2D eigenvalue weighted by atomic mass is 16.3. The van der Waals surface area contributed by atoms with Crippen LogP contribution in [-0.2, 0) is 13.0 Å². The van der Waals surface area contributed by atoms with Crippen molar-refractivity contribution in [1.29, 1.82) is 0 Å². The van der Waals surface area contributed by atoms with Gasteiger partial charge in [-0.25, -0.2) is 0 Å². The molecule has 1 rings (SSSR count). The molecular weight excluding hydrogens is 174 g/mol. The van der Waals surface area contributed by atoms with E-state index in [1.165, 1.54) is 5.56 Å². The number of hydrogen-bond acceptors (Lipinski definition) is 2. The van der Waals surface area contributed by atoms with Crippen LogP contribution in [0.15, 0.2) is 24.8 Å². The molecule has 0 aliphatic heterocycles. The first-order chi connectivity index (χ1) is 6.69. The number of nitrogens with two attached hydrogens (primary N) is 1. The molecular formula is C12H17NO. The van der Waals surface area contributed by atoms with Crippen LogP contribution in [-0.4, -0.2) is 5.11 Å². The highest BCUT2D eigenvalue weighted by molar-refractivity contribution is 5.53. The average molecular weight is 191 g/mol. The van der Waals surface area contributed by atoms with Gasteiger partial charge in [0, 0.05) is 5.69 Å². The summed E-state index contributed by atoms with van der Waals surface area (Å²) in [6, 6.07) is 3.82. The predicted octanol–water partition coefficient (Wildman–Crippen LogP) is 2.19. The summed E-state index contributed by atoms with van der Waals surface area (Å²) in [5, 5.41) is 8.98. The molecule has 0 unspecified atom stereocenters. The molecule has 0 aromatic heterocycles. The van der Waals surface area contributed by atoms with Crippen LogP contribution < -0.4 is 5.73 Å². The number of rotatable bonds is 4. The number of aliphatic hydroxyl groups excluding tert-OH is 1. The quantitative estimate of drug-likeness (QED) is 0.566. The molecule has 1 aromatic rings. The van der Waals surface area contributed by atoms with E-state index in [4.69, 9.17) is 10.8 Å². The fraction of sp³-hybridized carbons (Fsp3) is 0.333. The van der Waals surface area contributed by atoms with Crippen molar-refractivity contribution in [2.24, 2.45) is 0 Å². The monoisotopic (exact) mass is 191 g/mol. The van der Waals surface area contributed by atoms with Crippen molar-refractivity contribution in [1.82, 2.24) is 0 Å². The van der Waals surface area contributed by atoms with Gasteiger partial charge in [-0.2, -0.15) is 0 Å².